The maximum atomic E-state index is 11.3. The zero-order valence-electron chi connectivity index (χ0n) is 7.09. The quantitative estimate of drug-likeness (QED) is 0.619. The van der Waals surface area contributed by atoms with Crippen molar-refractivity contribution in [2.75, 3.05) is 7.11 Å². The standard InChI is InChI=1S/C7H4N4O3/c1-13-4-2-3(12)5(9-8)7-6(4)10-14-11-7/h2H,1H3. The number of aromatic nitrogens is 2. The Morgan fingerprint density at radius 1 is 1.50 bits per heavy atom. The predicted octanol–water partition coefficient (Wildman–Crippen LogP) is 0.790. The molecule has 0 aliphatic rings. The topological polar surface area (TPSA) is 99.4 Å². The second kappa shape index (κ2) is 2.85. The van der Waals surface area contributed by atoms with Gasteiger partial charge in [-0.2, -0.15) is 0 Å². The fourth-order valence-electron chi connectivity index (χ4n) is 1.13. The first kappa shape index (κ1) is 8.25. The SMILES string of the molecule is COc1cc([O-])c([N+]#N)c2nonc12. The molecule has 0 N–H and O–H groups in total. The van der Waals surface area contributed by atoms with Gasteiger partial charge in [0.1, 0.15) is 5.75 Å². The van der Waals surface area contributed by atoms with Gasteiger partial charge in [-0.1, -0.05) is 0 Å². The Morgan fingerprint density at radius 3 is 2.86 bits per heavy atom. The van der Waals surface area contributed by atoms with Crippen LogP contribution in [0.25, 0.3) is 16.0 Å². The highest BCUT2D eigenvalue weighted by atomic mass is 16.6. The summed E-state index contributed by atoms with van der Waals surface area (Å²) in [5, 5.41) is 26.8. The van der Waals surface area contributed by atoms with Gasteiger partial charge in [-0.15, -0.1) is 0 Å². The first-order valence-electron chi connectivity index (χ1n) is 3.63. The van der Waals surface area contributed by atoms with Gasteiger partial charge in [0, 0.05) is 0 Å². The molecular formula is C7H4N4O3. The highest BCUT2D eigenvalue weighted by Crippen LogP contribution is 2.37. The van der Waals surface area contributed by atoms with Crippen molar-refractivity contribution in [3.8, 4) is 11.5 Å². The zero-order valence-corrected chi connectivity index (χ0v) is 7.09. The number of diazo groups is 1. The Labute approximate surface area is 77.5 Å². The average Bonchev–Trinajstić information content (AvgIpc) is 2.65. The number of hydrogen-bond acceptors (Lipinski definition) is 6. The molecule has 0 bridgehead atoms. The average molecular weight is 192 g/mol. The van der Waals surface area contributed by atoms with Gasteiger partial charge in [0.05, 0.1) is 7.11 Å². The molecule has 0 radical (unpaired) electrons. The lowest BCUT2D eigenvalue weighted by Gasteiger charge is -2.03. The van der Waals surface area contributed by atoms with E-state index in [0.717, 1.165) is 6.07 Å². The smallest absolute Gasteiger partial charge is 0.408 e. The fourth-order valence-corrected chi connectivity index (χ4v) is 1.13. The lowest BCUT2D eigenvalue weighted by molar-refractivity contribution is -0.266. The second-order valence-corrected chi connectivity index (χ2v) is 2.49. The lowest BCUT2D eigenvalue weighted by atomic mass is 10.2. The number of nitrogens with zero attached hydrogens (tertiary/aromatic N) is 4. The Morgan fingerprint density at radius 2 is 2.21 bits per heavy atom. The number of methoxy groups -OCH3 is 1. The van der Waals surface area contributed by atoms with Gasteiger partial charge in [0.25, 0.3) is 0 Å². The van der Waals surface area contributed by atoms with E-state index in [1.165, 1.54) is 7.11 Å². The van der Waals surface area contributed by atoms with E-state index in [1.807, 2.05) is 0 Å². The van der Waals surface area contributed by atoms with E-state index in [9.17, 15) is 5.11 Å². The number of ether oxygens (including phenoxy) is 1. The summed E-state index contributed by atoms with van der Waals surface area (Å²) in [6, 6.07) is 1.15. The molecule has 0 saturated carbocycles. The molecule has 2 aromatic rings. The largest absolute Gasteiger partial charge is 0.867 e. The van der Waals surface area contributed by atoms with Crippen LogP contribution in [0.4, 0.5) is 5.69 Å². The van der Waals surface area contributed by atoms with Crippen molar-refractivity contribution >= 4 is 16.7 Å². The van der Waals surface area contributed by atoms with Gasteiger partial charge in [-0.3, -0.25) is 0 Å². The fraction of sp³-hybridized carbons (Fsp3) is 0.143. The molecule has 1 aromatic carbocycles. The van der Waals surface area contributed by atoms with Gasteiger partial charge in [0.15, 0.2) is 10.5 Å². The number of benzene rings is 1. The molecule has 0 saturated heterocycles. The first-order valence-corrected chi connectivity index (χ1v) is 3.63. The van der Waals surface area contributed by atoms with E-state index in [2.05, 4.69) is 19.9 Å². The normalized spacial score (nSPS) is 10.0. The molecule has 14 heavy (non-hydrogen) atoms. The van der Waals surface area contributed by atoms with E-state index < -0.39 is 5.75 Å². The third-order valence-electron chi connectivity index (χ3n) is 1.76. The summed E-state index contributed by atoms with van der Waals surface area (Å²) in [7, 11) is 1.39. The van der Waals surface area contributed by atoms with Gasteiger partial charge < -0.3 is 9.84 Å². The van der Waals surface area contributed by atoms with E-state index in [0.29, 0.717) is 0 Å². The van der Waals surface area contributed by atoms with E-state index in [4.69, 9.17) is 10.1 Å². The Kier molecular flexibility index (Phi) is 1.68. The molecule has 1 aromatic heterocycles. The van der Waals surface area contributed by atoms with Crippen molar-refractivity contribution in [1.82, 2.24) is 10.3 Å². The minimum absolute atomic E-state index is 0.0804. The van der Waals surface area contributed by atoms with Crippen LogP contribution < -0.4 is 9.84 Å². The van der Waals surface area contributed by atoms with Crippen molar-refractivity contribution in [2.24, 2.45) is 0 Å². The Balaban J connectivity index is 2.90. The molecular weight excluding hydrogens is 188 g/mol. The van der Waals surface area contributed by atoms with Crippen LogP contribution in [0, 0.1) is 5.39 Å². The van der Waals surface area contributed by atoms with Crippen molar-refractivity contribution < 1.29 is 14.5 Å². The predicted molar refractivity (Wildman–Crippen MR) is 42.5 cm³/mol. The van der Waals surface area contributed by atoms with Crippen molar-refractivity contribution in [3.05, 3.63) is 11.0 Å². The van der Waals surface area contributed by atoms with Gasteiger partial charge in [0.2, 0.25) is 10.9 Å². The monoisotopic (exact) mass is 192 g/mol. The van der Waals surface area contributed by atoms with Crippen LogP contribution in [0.15, 0.2) is 10.7 Å². The van der Waals surface area contributed by atoms with E-state index >= 15 is 0 Å². The molecule has 2 rings (SSSR count). The van der Waals surface area contributed by atoms with Crippen LogP contribution in [-0.4, -0.2) is 17.4 Å². The van der Waals surface area contributed by atoms with Crippen molar-refractivity contribution in [1.29, 1.82) is 5.39 Å². The van der Waals surface area contributed by atoms with Crippen LogP contribution in [0.1, 0.15) is 0 Å². The van der Waals surface area contributed by atoms with Crippen molar-refractivity contribution in [3.63, 3.8) is 0 Å². The summed E-state index contributed by atoms with van der Waals surface area (Å²) in [6.07, 6.45) is 0. The third-order valence-corrected chi connectivity index (χ3v) is 1.76. The molecule has 0 amide bonds. The summed E-state index contributed by atoms with van der Waals surface area (Å²) < 4.78 is 9.30. The van der Waals surface area contributed by atoms with Gasteiger partial charge in [-0.25, -0.2) is 4.63 Å². The van der Waals surface area contributed by atoms with Crippen LogP contribution in [-0.2, 0) is 0 Å². The molecule has 70 valence electrons. The Hall–Kier alpha value is -2.36. The summed E-state index contributed by atoms with van der Waals surface area (Å²) in [5.74, 6) is -0.272. The summed E-state index contributed by atoms with van der Waals surface area (Å²) in [4.78, 5) is 2.82. The molecule has 0 atom stereocenters. The Bertz CT molecular complexity index is 527. The highest BCUT2D eigenvalue weighted by molar-refractivity contribution is 5.95. The molecule has 0 spiro atoms. The summed E-state index contributed by atoms with van der Waals surface area (Å²) >= 11 is 0. The number of fused-ring (bicyclic) bond motifs is 1. The molecule has 0 fully saturated rings. The van der Waals surface area contributed by atoms with Crippen LogP contribution in [0.3, 0.4) is 0 Å². The highest BCUT2D eigenvalue weighted by Gasteiger charge is 2.21. The van der Waals surface area contributed by atoms with Gasteiger partial charge >= 0.3 is 5.69 Å². The molecule has 1 heterocycles. The van der Waals surface area contributed by atoms with Crippen LogP contribution >= 0.6 is 0 Å². The molecule has 0 unspecified atom stereocenters. The second-order valence-electron chi connectivity index (χ2n) is 2.49. The number of rotatable bonds is 1. The third kappa shape index (κ3) is 0.942. The summed E-state index contributed by atoms with van der Waals surface area (Å²) in [6.45, 7) is 0. The molecule has 7 nitrogen and oxygen atoms in total. The van der Waals surface area contributed by atoms with E-state index in [-0.39, 0.29) is 22.5 Å². The lowest BCUT2D eigenvalue weighted by Crippen LogP contribution is -1.93. The minimum atomic E-state index is -0.507. The maximum Gasteiger partial charge on any atom is 0.408 e. The molecule has 0 aliphatic heterocycles. The number of hydrogen-bond donors (Lipinski definition) is 0. The molecule has 0 aliphatic carbocycles. The summed E-state index contributed by atoms with van der Waals surface area (Å²) in [5.41, 5.74) is 0.124. The maximum absolute atomic E-state index is 11.3. The first-order chi connectivity index (χ1) is 6.77. The zero-order chi connectivity index (χ0) is 10.1. The van der Waals surface area contributed by atoms with Crippen LogP contribution in [0.5, 0.6) is 11.5 Å². The minimum Gasteiger partial charge on any atom is -0.867 e. The van der Waals surface area contributed by atoms with E-state index in [1.54, 1.807) is 0 Å². The van der Waals surface area contributed by atoms with Crippen LogP contribution in [0.2, 0.25) is 0 Å². The van der Waals surface area contributed by atoms with Crippen molar-refractivity contribution in [2.45, 2.75) is 0 Å². The van der Waals surface area contributed by atoms with Gasteiger partial charge in [-0.05, 0) is 22.1 Å². The molecule has 7 heteroatoms.